The minimum atomic E-state index is -0.382. The monoisotopic (exact) mass is 314 g/mol. The summed E-state index contributed by atoms with van der Waals surface area (Å²) in [5.41, 5.74) is 0.732. The molecule has 19 heavy (non-hydrogen) atoms. The number of carbonyl (C=O) groups is 1. The Morgan fingerprint density at radius 1 is 1.47 bits per heavy atom. The predicted octanol–water partition coefficient (Wildman–Crippen LogP) is 2.65. The Balaban J connectivity index is 1.87. The molecule has 100 valence electrons. The number of halogens is 1. The summed E-state index contributed by atoms with van der Waals surface area (Å²) in [6.45, 7) is 2.66. The van der Waals surface area contributed by atoms with Gasteiger partial charge in [0.05, 0.1) is 21.0 Å². The van der Waals surface area contributed by atoms with Gasteiger partial charge in [-0.3, -0.25) is 4.79 Å². The molecule has 1 aliphatic rings. The Bertz CT molecular complexity index is 631. The number of thiophene rings is 1. The van der Waals surface area contributed by atoms with Gasteiger partial charge in [-0.1, -0.05) is 11.6 Å². The summed E-state index contributed by atoms with van der Waals surface area (Å²) in [7, 11) is 0. The highest BCUT2D eigenvalue weighted by molar-refractivity contribution is 7.24. The van der Waals surface area contributed by atoms with Crippen LogP contribution in [0.15, 0.2) is 12.1 Å². The maximum Gasteiger partial charge on any atom is 0.266 e. The fourth-order valence-electron chi connectivity index (χ4n) is 1.89. The summed E-state index contributed by atoms with van der Waals surface area (Å²) < 4.78 is 0.710. The van der Waals surface area contributed by atoms with Crippen molar-refractivity contribution in [1.82, 2.24) is 9.88 Å². The van der Waals surface area contributed by atoms with Gasteiger partial charge in [-0.05, 0) is 19.1 Å². The van der Waals surface area contributed by atoms with E-state index < -0.39 is 0 Å². The molecule has 0 bridgehead atoms. The number of carbonyl (C=O) groups excluding carboxylic acids is 1. The second kappa shape index (κ2) is 4.86. The van der Waals surface area contributed by atoms with Gasteiger partial charge >= 0.3 is 0 Å². The van der Waals surface area contributed by atoms with E-state index in [1.54, 1.807) is 4.90 Å². The highest BCUT2D eigenvalue weighted by atomic mass is 35.5. The van der Waals surface area contributed by atoms with Crippen LogP contribution in [-0.4, -0.2) is 40.1 Å². The second-order valence-corrected chi connectivity index (χ2v) is 7.12. The first kappa shape index (κ1) is 13.1. The molecule has 0 unspecified atom stereocenters. The lowest BCUT2D eigenvalue weighted by Crippen LogP contribution is -2.53. The molecule has 0 aromatic carbocycles. The number of aliphatic hydroxyl groups excluding tert-OH is 1. The quantitative estimate of drug-likeness (QED) is 0.927. The van der Waals surface area contributed by atoms with Gasteiger partial charge in [-0.15, -0.1) is 22.7 Å². The molecule has 1 aliphatic heterocycles. The van der Waals surface area contributed by atoms with E-state index in [9.17, 15) is 9.90 Å². The fourth-order valence-corrected chi connectivity index (χ4v) is 4.03. The van der Waals surface area contributed by atoms with Crippen molar-refractivity contribution in [2.45, 2.75) is 13.0 Å². The number of aromatic nitrogens is 1. The molecule has 1 N–H and O–H groups in total. The Morgan fingerprint density at radius 2 is 2.21 bits per heavy atom. The summed E-state index contributed by atoms with van der Waals surface area (Å²) in [6, 6.07) is 3.73. The summed E-state index contributed by atoms with van der Waals surface area (Å²) in [6.07, 6.45) is -0.382. The molecule has 0 aliphatic carbocycles. The Labute approximate surface area is 123 Å². The van der Waals surface area contributed by atoms with Crippen LogP contribution in [0.5, 0.6) is 0 Å². The molecule has 2 aromatic rings. The maximum absolute atomic E-state index is 12.2. The average molecular weight is 315 g/mol. The summed E-state index contributed by atoms with van der Waals surface area (Å²) in [5, 5.41) is 10.1. The van der Waals surface area contributed by atoms with Crippen LogP contribution in [-0.2, 0) is 0 Å². The summed E-state index contributed by atoms with van der Waals surface area (Å²) in [4.78, 5) is 19.9. The summed E-state index contributed by atoms with van der Waals surface area (Å²) in [5.74, 6) is -0.0470. The zero-order chi connectivity index (χ0) is 13.6. The van der Waals surface area contributed by atoms with Crippen LogP contribution in [0.25, 0.3) is 9.88 Å². The normalized spacial score (nSPS) is 15.6. The molecule has 1 fully saturated rings. The minimum Gasteiger partial charge on any atom is -0.389 e. The van der Waals surface area contributed by atoms with Crippen molar-refractivity contribution in [1.29, 1.82) is 0 Å². The zero-order valence-electron chi connectivity index (χ0n) is 10.1. The van der Waals surface area contributed by atoms with Crippen LogP contribution >= 0.6 is 34.3 Å². The van der Waals surface area contributed by atoms with E-state index in [1.807, 2.05) is 19.1 Å². The molecule has 4 nitrogen and oxygen atoms in total. The SMILES string of the molecule is Cc1nc(-c2ccc(Cl)s2)sc1C(=O)N1CC(O)C1. The van der Waals surface area contributed by atoms with Crippen LogP contribution in [0, 0.1) is 6.92 Å². The number of likely N-dealkylation sites (tertiary alicyclic amines) is 1. The van der Waals surface area contributed by atoms with Crippen LogP contribution in [0.2, 0.25) is 4.34 Å². The molecule has 3 heterocycles. The van der Waals surface area contributed by atoms with Crippen LogP contribution in [0.4, 0.5) is 0 Å². The van der Waals surface area contributed by atoms with Crippen molar-refractivity contribution in [2.24, 2.45) is 0 Å². The first-order chi connectivity index (χ1) is 9.04. The van der Waals surface area contributed by atoms with E-state index >= 15 is 0 Å². The maximum atomic E-state index is 12.2. The van der Waals surface area contributed by atoms with Crippen molar-refractivity contribution in [2.75, 3.05) is 13.1 Å². The number of hydrogen-bond donors (Lipinski definition) is 1. The Kier molecular flexibility index (Phi) is 3.34. The lowest BCUT2D eigenvalue weighted by molar-refractivity contribution is 0.00616. The van der Waals surface area contributed by atoms with Gasteiger partial charge in [-0.25, -0.2) is 4.98 Å². The smallest absolute Gasteiger partial charge is 0.266 e. The first-order valence-electron chi connectivity index (χ1n) is 5.75. The van der Waals surface area contributed by atoms with Crippen molar-refractivity contribution >= 4 is 40.2 Å². The number of nitrogens with zero attached hydrogens (tertiary/aromatic N) is 2. The van der Waals surface area contributed by atoms with Crippen LogP contribution in [0.3, 0.4) is 0 Å². The number of aliphatic hydroxyl groups is 1. The number of β-amino-alcohol motifs (C(OH)–C–C–N with tert-alkyl or cyclic N) is 1. The molecule has 0 saturated carbocycles. The summed E-state index contributed by atoms with van der Waals surface area (Å²) >= 11 is 8.74. The number of amides is 1. The number of thiazole rings is 1. The van der Waals surface area contributed by atoms with Crippen molar-refractivity contribution in [3.05, 3.63) is 27.0 Å². The average Bonchev–Trinajstić information content (AvgIpc) is 2.90. The second-order valence-electron chi connectivity index (χ2n) is 4.40. The molecular weight excluding hydrogens is 304 g/mol. The molecule has 7 heteroatoms. The third-order valence-corrected chi connectivity index (χ3v) is 5.47. The third-order valence-electron chi connectivity index (χ3n) is 2.92. The van der Waals surface area contributed by atoms with Crippen molar-refractivity contribution in [3.63, 3.8) is 0 Å². The fraction of sp³-hybridized carbons (Fsp3) is 0.333. The third kappa shape index (κ3) is 2.41. The largest absolute Gasteiger partial charge is 0.389 e. The van der Waals surface area contributed by atoms with E-state index in [4.69, 9.17) is 11.6 Å². The number of hydrogen-bond acceptors (Lipinski definition) is 5. The van der Waals surface area contributed by atoms with E-state index in [1.165, 1.54) is 22.7 Å². The molecule has 3 rings (SSSR count). The van der Waals surface area contributed by atoms with Gasteiger partial charge in [0.2, 0.25) is 0 Å². The van der Waals surface area contributed by atoms with E-state index in [-0.39, 0.29) is 12.0 Å². The molecule has 0 radical (unpaired) electrons. The van der Waals surface area contributed by atoms with Gasteiger partial charge in [-0.2, -0.15) is 0 Å². The molecule has 0 atom stereocenters. The van der Waals surface area contributed by atoms with E-state index in [0.717, 1.165) is 15.6 Å². The van der Waals surface area contributed by atoms with Gasteiger partial charge in [0, 0.05) is 13.1 Å². The molecule has 1 saturated heterocycles. The van der Waals surface area contributed by atoms with Crippen LogP contribution < -0.4 is 0 Å². The van der Waals surface area contributed by atoms with E-state index in [0.29, 0.717) is 22.3 Å². The van der Waals surface area contributed by atoms with Gasteiger partial charge in [0.1, 0.15) is 9.88 Å². The van der Waals surface area contributed by atoms with Crippen LogP contribution in [0.1, 0.15) is 15.4 Å². The molecule has 2 aromatic heterocycles. The van der Waals surface area contributed by atoms with Gasteiger partial charge in [0.15, 0.2) is 0 Å². The molecule has 0 spiro atoms. The molecular formula is C12H11ClN2O2S2. The molecule has 1 amide bonds. The highest BCUT2D eigenvalue weighted by Gasteiger charge is 2.31. The predicted molar refractivity (Wildman–Crippen MR) is 77.1 cm³/mol. The Hall–Kier alpha value is -0.950. The minimum absolute atomic E-state index is 0.0470. The van der Waals surface area contributed by atoms with Crippen molar-refractivity contribution in [3.8, 4) is 9.88 Å². The first-order valence-corrected chi connectivity index (χ1v) is 7.76. The lowest BCUT2D eigenvalue weighted by Gasteiger charge is -2.35. The van der Waals surface area contributed by atoms with Gasteiger partial charge in [0.25, 0.3) is 5.91 Å². The van der Waals surface area contributed by atoms with Crippen molar-refractivity contribution < 1.29 is 9.90 Å². The highest BCUT2D eigenvalue weighted by Crippen LogP contribution is 2.35. The zero-order valence-corrected chi connectivity index (χ0v) is 12.5. The van der Waals surface area contributed by atoms with E-state index in [2.05, 4.69) is 4.98 Å². The topological polar surface area (TPSA) is 53.4 Å². The van der Waals surface area contributed by atoms with Gasteiger partial charge < -0.3 is 10.0 Å². The number of rotatable bonds is 2. The standard InChI is InChI=1S/C12H11ClN2O2S2/c1-6-10(12(17)15-4-7(16)5-15)19-11(14-6)8-2-3-9(13)18-8/h2-3,7,16H,4-5H2,1H3. The Morgan fingerprint density at radius 3 is 2.79 bits per heavy atom. The number of aryl methyl sites for hydroxylation is 1. The lowest BCUT2D eigenvalue weighted by atomic mass is 10.1.